The van der Waals surface area contributed by atoms with Gasteiger partial charge in [-0.25, -0.2) is 4.98 Å². The topological polar surface area (TPSA) is 29.9 Å². The van der Waals surface area contributed by atoms with Crippen LogP contribution in [0, 0.1) is 12.8 Å². The van der Waals surface area contributed by atoms with Gasteiger partial charge in [0.2, 0.25) is 0 Å². The van der Waals surface area contributed by atoms with Crippen molar-refractivity contribution in [1.82, 2.24) is 14.9 Å². The van der Waals surface area contributed by atoms with Gasteiger partial charge in [-0.3, -0.25) is 0 Å². The van der Waals surface area contributed by atoms with E-state index in [1.807, 2.05) is 0 Å². The van der Waals surface area contributed by atoms with E-state index in [-0.39, 0.29) is 0 Å². The van der Waals surface area contributed by atoms with E-state index in [2.05, 4.69) is 41.8 Å². The highest BCUT2D eigenvalue weighted by atomic mass is 15.1. The number of nitrogens with one attached hydrogen (secondary N) is 1. The van der Waals surface area contributed by atoms with Crippen molar-refractivity contribution in [3.63, 3.8) is 0 Å². The number of aromatic nitrogens is 2. The minimum atomic E-state index is 0.633. The number of rotatable bonds is 3. The Morgan fingerprint density at radius 2 is 2.40 bits per heavy atom. The highest BCUT2D eigenvalue weighted by Gasteiger charge is 2.18. The first kappa shape index (κ1) is 10.7. The first-order valence-electron chi connectivity index (χ1n) is 5.91. The third-order valence-corrected chi connectivity index (χ3v) is 2.93. The molecule has 0 saturated carbocycles. The van der Waals surface area contributed by atoms with Gasteiger partial charge in [-0.1, -0.05) is 13.8 Å². The van der Waals surface area contributed by atoms with Gasteiger partial charge in [0.25, 0.3) is 0 Å². The Hall–Kier alpha value is -0.830. The minimum absolute atomic E-state index is 0.633. The normalized spacial score (nSPS) is 20.7. The molecule has 15 heavy (non-hydrogen) atoms. The monoisotopic (exact) mass is 207 g/mol. The molecule has 0 spiro atoms. The number of imidazole rings is 1. The lowest BCUT2D eigenvalue weighted by Gasteiger charge is -2.25. The predicted molar refractivity (Wildman–Crippen MR) is 61.9 cm³/mol. The van der Waals surface area contributed by atoms with Crippen molar-refractivity contribution in [2.75, 3.05) is 6.54 Å². The van der Waals surface area contributed by atoms with E-state index >= 15 is 0 Å². The van der Waals surface area contributed by atoms with E-state index in [4.69, 9.17) is 0 Å². The molecule has 1 aliphatic heterocycles. The fraction of sp³-hybridized carbons (Fsp3) is 0.750. The summed E-state index contributed by atoms with van der Waals surface area (Å²) in [5.74, 6) is 1.99. The van der Waals surface area contributed by atoms with E-state index in [0.717, 1.165) is 31.1 Å². The van der Waals surface area contributed by atoms with Crippen molar-refractivity contribution in [3.05, 3.63) is 17.7 Å². The first-order valence-corrected chi connectivity index (χ1v) is 5.91. The van der Waals surface area contributed by atoms with Gasteiger partial charge in [0.15, 0.2) is 0 Å². The summed E-state index contributed by atoms with van der Waals surface area (Å²) < 4.78 is 2.30. The van der Waals surface area contributed by atoms with Crippen LogP contribution in [0.25, 0.3) is 0 Å². The average molecular weight is 207 g/mol. The quantitative estimate of drug-likeness (QED) is 0.818. The number of hydrogen-bond donors (Lipinski definition) is 1. The smallest absolute Gasteiger partial charge is 0.109 e. The zero-order valence-corrected chi connectivity index (χ0v) is 9.95. The molecule has 0 amide bonds. The SMILES string of the molecule is Cc1cn2c(n1)CCC(NCC(C)C)C2. The molecular formula is C12H21N3. The Morgan fingerprint density at radius 3 is 3.13 bits per heavy atom. The minimum Gasteiger partial charge on any atom is -0.333 e. The van der Waals surface area contributed by atoms with Crippen LogP contribution in [0.5, 0.6) is 0 Å². The molecule has 0 saturated heterocycles. The molecule has 0 bridgehead atoms. The van der Waals surface area contributed by atoms with E-state index in [1.54, 1.807) is 0 Å². The zero-order valence-electron chi connectivity index (χ0n) is 9.95. The van der Waals surface area contributed by atoms with Crippen LogP contribution in [-0.4, -0.2) is 22.1 Å². The molecule has 2 heterocycles. The summed E-state index contributed by atoms with van der Waals surface area (Å²) in [6, 6.07) is 0.633. The molecular weight excluding hydrogens is 186 g/mol. The van der Waals surface area contributed by atoms with Crippen LogP contribution in [0.4, 0.5) is 0 Å². The molecule has 2 rings (SSSR count). The van der Waals surface area contributed by atoms with Crippen LogP contribution < -0.4 is 5.32 Å². The van der Waals surface area contributed by atoms with Gasteiger partial charge in [-0.15, -0.1) is 0 Å². The molecule has 0 aromatic carbocycles. The third-order valence-electron chi connectivity index (χ3n) is 2.93. The Bertz CT molecular complexity index is 328. The van der Waals surface area contributed by atoms with Crippen LogP contribution in [0.3, 0.4) is 0 Å². The Morgan fingerprint density at radius 1 is 1.60 bits per heavy atom. The van der Waals surface area contributed by atoms with Crippen molar-refractivity contribution in [2.45, 2.75) is 46.2 Å². The molecule has 0 radical (unpaired) electrons. The van der Waals surface area contributed by atoms with Crippen LogP contribution in [0.1, 0.15) is 31.8 Å². The second-order valence-electron chi connectivity index (χ2n) is 4.99. The van der Waals surface area contributed by atoms with Gasteiger partial charge in [-0.05, 0) is 25.8 Å². The van der Waals surface area contributed by atoms with E-state index in [9.17, 15) is 0 Å². The molecule has 1 aliphatic rings. The van der Waals surface area contributed by atoms with Crippen molar-refractivity contribution >= 4 is 0 Å². The van der Waals surface area contributed by atoms with Crippen molar-refractivity contribution in [3.8, 4) is 0 Å². The molecule has 1 aromatic rings. The third kappa shape index (κ3) is 2.59. The van der Waals surface area contributed by atoms with E-state index in [1.165, 1.54) is 12.2 Å². The molecule has 1 aromatic heterocycles. The average Bonchev–Trinajstić information content (AvgIpc) is 2.53. The van der Waals surface area contributed by atoms with Gasteiger partial charge in [0, 0.05) is 25.2 Å². The molecule has 3 heteroatoms. The number of nitrogens with zero attached hydrogens (tertiary/aromatic N) is 2. The lowest BCUT2D eigenvalue weighted by molar-refractivity contribution is 0.363. The predicted octanol–water partition coefficient (Wildman–Crippen LogP) is 1.75. The lowest BCUT2D eigenvalue weighted by Crippen LogP contribution is -2.38. The van der Waals surface area contributed by atoms with Gasteiger partial charge < -0.3 is 9.88 Å². The van der Waals surface area contributed by atoms with Crippen LogP contribution in [0.15, 0.2) is 6.20 Å². The second-order valence-corrected chi connectivity index (χ2v) is 4.99. The molecule has 1 N–H and O–H groups in total. The summed E-state index contributed by atoms with van der Waals surface area (Å²) in [4.78, 5) is 4.52. The number of fused-ring (bicyclic) bond motifs is 1. The van der Waals surface area contributed by atoms with Gasteiger partial charge in [0.05, 0.1) is 5.69 Å². The Kier molecular flexibility index (Phi) is 3.10. The van der Waals surface area contributed by atoms with Crippen LogP contribution in [-0.2, 0) is 13.0 Å². The van der Waals surface area contributed by atoms with Gasteiger partial charge >= 0.3 is 0 Å². The standard InChI is InChI=1S/C12H21N3/c1-9(2)6-13-11-4-5-12-14-10(3)7-15(12)8-11/h7,9,11,13H,4-6,8H2,1-3H3. The summed E-state index contributed by atoms with van der Waals surface area (Å²) in [5.41, 5.74) is 1.15. The van der Waals surface area contributed by atoms with E-state index < -0.39 is 0 Å². The summed E-state index contributed by atoms with van der Waals surface area (Å²) in [6.07, 6.45) is 4.51. The van der Waals surface area contributed by atoms with Crippen molar-refractivity contribution < 1.29 is 0 Å². The lowest BCUT2D eigenvalue weighted by atomic mass is 10.1. The maximum Gasteiger partial charge on any atom is 0.109 e. The fourth-order valence-electron chi connectivity index (χ4n) is 2.16. The maximum atomic E-state index is 4.52. The molecule has 1 atom stereocenters. The molecule has 3 nitrogen and oxygen atoms in total. The Labute approximate surface area is 91.9 Å². The number of aryl methyl sites for hydroxylation is 2. The fourth-order valence-corrected chi connectivity index (χ4v) is 2.16. The molecule has 0 aliphatic carbocycles. The zero-order chi connectivity index (χ0) is 10.8. The second kappa shape index (κ2) is 4.35. The van der Waals surface area contributed by atoms with Crippen molar-refractivity contribution in [1.29, 1.82) is 0 Å². The van der Waals surface area contributed by atoms with Gasteiger partial charge in [-0.2, -0.15) is 0 Å². The highest BCUT2D eigenvalue weighted by Crippen LogP contribution is 2.15. The Balaban J connectivity index is 1.93. The van der Waals surface area contributed by atoms with E-state index in [0.29, 0.717) is 6.04 Å². The summed E-state index contributed by atoms with van der Waals surface area (Å²) in [7, 11) is 0. The molecule has 84 valence electrons. The largest absolute Gasteiger partial charge is 0.333 e. The summed E-state index contributed by atoms with van der Waals surface area (Å²) in [5, 5.41) is 3.62. The first-order chi connectivity index (χ1) is 7.15. The summed E-state index contributed by atoms with van der Waals surface area (Å²) >= 11 is 0. The maximum absolute atomic E-state index is 4.52. The van der Waals surface area contributed by atoms with Crippen molar-refractivity contribution in [2.24, 2.45) is 5.92 Å². The number of hydrogen-bond acceptors (Lipinski definition) is 2. The molecule has 0 fully saturated rings. The molecule has 1 unspecified atom stereocenters. The highest BCUT2D eigenvalue weighted by molar-refractivity contribution is 5.05. The van der Waals surface area contributed by atoms with Crippen LogP contribution >= 0.6 is 0 Å². The summed E-state index contributed by atoms with van der Waals surface area (Å²) in [6.45, 7) is 8.78. The van der Waals surface area contributed by atoms with Crippen LogP contribution in [0.2, 0.25) is 0 Å². The van der Waals surface area contributed by atoms with Gasteiger partial charge in [0.1, 0.15) is 5.82 Å².